The van der Waals surface area contributed by atoms with Crippen LogP contribution in [0.2, 0.25) is 0 Å². The quantitative estimate of drug-likeness (QED) is 0.905. The standard InChI is InChI=1S/C14H21N3O.2ClH/c1-17(11-13-3-2-7-15-10-13)14(18)5-4-12-6-8-16-9-12;;/h2-3,7,10,12,16H,4-6,8-9,11H2,1H3;2*1H. The maximum Gasteiger partial charge on any atom is 0.222 e. The predicted molar refractivity (Wildman–Crippen MR) is 85.4 cm³/mol. The molecule has 0 saturated carbocycles. The Kier molecular flexibility index (Phi) is 9.55. The molecule has 6 heteroatoms. The fraction of sp³-hybridized carbons (Fsp3) is 0.571. The molecule has 1 aromatic rings. The summed E-state index contributed by atoms with van der Waals surface area (Å²) in [5, 5.41) is 3.33. The first-order valence-electron chi connectivity index (χ1n) is 6.59. The lowest BCUT2D eigenvalue weighted by Gasteiger charge is -2.18. The number of rotatable bonds is 5. The van der Waals surface area contributed by atoms with Gasteiger partial charge in [-0.2, -0.15) is 0 Å². The molecule has 4 nitrogen and oxygen atoms in total. The van der Waals surface area contributed by atoms with Crippen molar-refractivity contribution in [2.45, 2.75) is 25.8 Å². The average Bonchev–Trinajstić information content (AvgIpc) is 2.90. The summed E-state index contributed by atoms with van der Waals surface area (Å²) in [5.41, 5.74) is 1.08. The minimum absolute atomic E-state index is 0. The maximum absolute atomic E-state index is 12.0. The number of carbonyl (C=O) groups excluding carboxylic acids is 1. The lowest BCUT2D eigenvalue weighted by Crippen LogP contribution is -2.26. The highest BCUT2D eigenvalue weighted by molar-refractivity contribution is 5.85. The van der Waals surface area contributed by atoms with Crippen molar-refractivity contribution in [3.05, 3.63) is 30.1 Å². The second-order valence-corrected chi connectivity index (χ2v) is 5.01. The fourth-order valence-electron chi connectivity index (χ4n) is 2.33. The van der Waals surface area contributed by atoms with Gasteiger partial charge in [-0.25, -0.2) is 0 Å². The molecule has 1 aliphatic rings. The van der Waals surface area contributed by atoms with E-state index in [1.807, 2.05) is 25.4 Å². The van der Waals surface area contributed by atoms with Crippen molar-refractivity contribution < 1.29 is 4.79 Å². The van der Waals surface area contributed by atoms with Crippen molar-refractivity contribution >= 4 is 30.7 Å². The molecular weight excluding hydrogens is 297 g/mol. The van der Waals surface area contributed by atoms with Crippen molar-refractivity contribution in [2.24, 2.45) is 5.92 Å². The molecule has 1 N–H and O–H groups in total. The van der Waals surface area contributed by atoms with E-state index in [1.54, 1.807) is 11.1 Å². The van der Waals surface area contributed by atoms with E-state index < -0.39 is 0 Å². The summed E-state index contributed by atoms with van der Waals surface area (Å²) in [6.07, 6.45) is 6.43. The third kappa shape index (κ3) is 6.07. The van der Waals surface area contributed by atoms with Crippen LogP contribution in [0.3, 0.4) is 0 Å². The highest BCUT2D eigenvalue weighted by Gasteiger charge is 2.17. The van der Waals surface area contributed by atoms with Crippen LogP contribution in [0, 0.1) is 5.92 Å². The molecule has 0 bridgehead atoms. The number of nitrogens with one attached hydrogen (secondary N) is 1. The number of aromatic nitrogens is 1. The molecule has 2 rings (SSSR count). The number of hydrogen-bond acceptors (Lipinski definition) is 3. The zero-order chi connectivity index (χ0) is 12.8. The molecule has 20 heavy (non-hydrogen) atoms. The van der Waals surface area contributed by atoms with Crippen LogP contribution in [0.5, 0.6) is 0 Å². The number of hydrogen-bond donors (Lipinski definition) is 1. The normalized spacial score (nSPS) is 16.9. The maximum atomic E-state index is 12.0. The van der Waals surface area contributed by atoms with Gasteiger partial charge in [0.15, 0.2) is 0 Å². The van der Waals surface area contributed by atoms with E-state index in [-0.39, 0.29) is 30.7 Å². The van der Waals surface area contributed by atoms with Crippen molar-refractivity contribution in [1.82, 2.24) is 15.2 Å². The number of halogens is 2. The lowest BCUT2D eigenvalue weighted by atomic mass is 10.0. The molecule has 114 valence electrons. The highest BCUT2D eigenvalue weighted by atomic mass is 35.5. The minimum atomic E-state index is 0. The van der Waals surface area contributed by atoms with Gasteiger partial charge in [-0.15, -0.1) is 24.8 Å². The Bertz CT molecular complexity index is 383. The molecule has 1 amide bonds. The molecule has 0 aliphatic carbocycles. The van der Waals surface area contributed by atoms with Gasteiger partial charge in [0.2, 0.25) is 5.91 Å². The zero-order valence-electron chi connectivity index (χ0n) is 11.7. The fourth-order valence-corrected chi connectivity index (χ4v) is 2.33. The molecule has 2 heterocycles. The molecule has 0 radical (unpaired) electrons. The van der Waals surface area contributed by atoms with Crippen molar-refractivity contribution in [2.75, 3.05) is 20.1 Å². The zero-order valence-corrected chi connectivity index (χ0v) is 13.4. The molecule has 1 saturated heterocycles. The summed E-state index contributed by atoms with van der Waals surface area (Å²) in [4.78, 5) is 17.8. The highest BCUT2D eigenvalue weighted by Crippen LogP contribution is 2.15. The lowest BCUT2D eigenvalue weighted by molar-refractivity contribution is -0.130. The van der Waals surface area contributed by atoms with Gasteiger partial charge in [-0.1, -0.05) is 6.07 Å². The van der Waals surface area contributed by atoms with E-state index in [9.17, 15) is 4.79 Å². The summed E-state index contributed by atoms with van der Waals surface area (Å²) < 4.78 is 0. The molecule has 1 unspecified atom stereocenters. The van der Waals surface area contributed by atoms with Crippen LogP contribution < -0.4 is 5.32 Å². The molecule has 1 aromatic heterocycles. The van der Waals surface area contributed by atoms with Gasteiger partial charge in [0.25, 0.3) is 0 Å². The Morgan fingerprint density at radius 1 is 1.50 bits per heavy atom. The van der Waals surface area contributed by atoms with Crippen LogP contribution in [0.1, 0.15) is 24.8 Å². The summed E-state index contributed by atoms with van der Waals surface area (Å²) in [6.45, 7) is 2.82. The van der Waals surface area contributed by atoms with E-state index in [0.29, 0.717) is 18.9 Å². The third-order valence-electron chi connectivity index (χ3n) is 3.50. The summed E-state index contributed by atoms with van der Waals surface area (Å²) >= 11 is 0. The monoisotopic (exact) mass is 319 g/mol. The van der Waals surface area contributed by atoms with E-state index in [4.69, 9.17) is 0 Å². The van der Waals surface area contributed by atoms with Gasteiger partial charge in [0.05, 0.1) is 0 Å². The Labute approximate surface area is 133 Å². The Morgan fingerprint density at radius 3 is 2.90 bits per heavy atom. The van der Waals surface area contributed by atoms with Gasteiger partial charge in [-0.05, 0) is 43.5 Å². The molecule has 0 spiro atoms. The van der Waals surface area contributed by atoms with Gasteiger partial charge in [0.1, 0.15) is 0 Å². The number of pyridine rings is 1. The first-order valence-corrected chi connectivity index (χ1v) is 6.59. The van der Waals surface area contributed by atoms with E-state index in [0.717, 1.165) is 25.1 Å². The first-order chi connectivity index (χ1) is 8.75. The molecule has 1 atom stereocenters. The molecule has 0 aromatic carbocycles. The second kappa shape index (κ2) is 9.97. The van der Waals surface area contributed by atoms with Gasteiger partial charge in [-0.3, -0.25) is 9.78 Å². The largest absolute Gasteiger partial charge is 0.341 e. The van der Waals surface area contributed by atoms with E-state index >= 15 is 0 Å². The third-order valence-corrected chi connectivity index (χ3v) is 3.50. The second-order valence-electron chi connectivity index (χ2n) is 5.01. The van der Waals surface area contributed by atoms with Crippen LogP contribution in [0.4, 0.5) is 0 Å². The number of amides is 1. The van der Waals surface area contributed by atoms with Crippen LogP contribution >= 0.6 is 24.8 Å². The van der Waals surface area contributed by atoms with Crippen molar-refractivity contribution in [3.8, 4) is 0 Å². The van der Waals surface area contributed by atoms with Crippen LogP contribution in [0.15, 0.2) is 24.5 Å². The van der Waals surface area contributed by atoms with Crippen molar-refractivity contribution in [1.29, 1.82) is 0 Å². The van der Waals surface area contributed by atoms with Gasteiger partial charge >= 0.3 is 0 Å². The Balaban J connectivity index is 0.00000180. The minimum Gasteiger partial charge on any atom is -0.341 e. The van der Waals surface area contributed by atoms with Crippen LogP contribution in [0.25, 0.3) is 0 Å². The number of carbonyl (C=O) groups is 1. The van der Waals surface area contributed by atoms with Gasteiger partial charge < -0.3 is 10.2 Å². The smallest absolute Gasteiger partial charge is 0.222 e. The Hall–Kier alpha value is -0.840. The molecule has 1 aliphatic heterocycles. The predicted octanol–water partition coefficient (Wildman–Crippen LogP) is 2.27. The van der Waals surface area contributed by atoms with E-state index in [2.05, 4.69) is 10.3 Å². The summed E-state index contributed by atoms with van der Waals surface area (Å²) in [6, 6.07) is 3.90. The van der Waals surface area contributed by atoms with Crippen molar-refractivity contribution in [3.63, 3.8) is 0 Å². The average molecular weight is 320 g/mol. The molecular formula is C14H23Cl2N3O. The van der Waals surface area contributed by atoms with Crippen LogP contribution in [-0.2, 0) is 11.3 Å². The SMILES string of the molecule is CN(Cc1cccnc1)C(=O)CCC1CCNC1.Cl.Cl. The number of nitrogens with zero attached hydrogens (tertiary/aromatic N) is 2. The summed E-state index contributed by atoms with van der Waals surface area (Å²) in [7, 11) is 1.86. The van der Waals surface area contributed by atoms with E-state index in [1.165, 1.54) is 6.42 Å². The molecule has 1 fully saturated rings. The summed E-state index contributed by atoms with van der Waals surface area (Å²) in [5.74, 6) is 0.909. The first kappa shape index (κ1) is 19.2. The topological polar surface area (TPSA) is 45.2 Å². The van der Waals surface area contributed by atoms with Crippen LogP contribution in [-0.4, -0.2) is 35.9 Å². The van der Waals surface area contributed by atoms with Gasteiger partial charge in [0, 0.05) is 32.4 Å². The Morgan fingerprint density at radius 2 is 2.30 bits per heavy atom.